The molecule has 1 atom stereocenters. The van der Waals surface area contributed by atoms with Gasteiger partial charge in [-0.2, -0.15) is 0 Å². The number of hydrogen-bond donors (Lipinski definition) is 1. The fourth-order valence-electron chi connectivity index (χ4n) is 1.36. The fraction of sp³-hybridized carbons (Fsp3) is 0. The molecule has 0 fully saturated rings. The highest BCUT2D eigenvalue weighted by molar-refractivity contribution is 7.77. The van der Waals surface area contributed by atoms with Gasteiger partial charge in [0.05, 0.1) is 11.1 Å². The highest BCUT2D eigenvalue weighted by Gasteiger charge is 2.30. The Labute approximate surface area is 97.2 Å². The van der Waals surface area contributed by atoms with Crippen LogP contribution >= 0.6 is 0 Å². The van der Waals surface area contributed by atoms with Gasteiger partial charge in [0.2, 0.25) is 0 Å². The van der Waals surface area contributed by atoms with Crippen molar-refractivity contribution in [2.45, 2.75) is 0 Å². The van der Waals surface area contributed by atoms with E-state index in [9.17, 15) is 23.1 Å². The summed E-state index contributed by atoms with van der Waals surface area (Å²) < 4.78 is 26.4. The Morgan fingerprint density at radius 2 is 1.88 bits per heavy atom. The Morgan fingerprint density at radius 1 is 1.24 bits per heavy atom. The van der Waals surface area contributed by atoms with Crippen LogP contribution in [0, 0.1) is 0 Å². The molecular formula is C9H4NO6S-. The molecule has 0 bridgehead atoms. The Bertz CT molecular complexity index is 567. The second-order valence-corrected chi connectivity index (χ2v) is 3.78. The van der Waals surface area contributed by atoms with E-state index in [0.29, 0.717) is 0 Å². The van der Waals surface area contributed by atoms with Crippen LogP contribution in [-0.2, 0) is 16.0 Å². The molecule has 0 spiro atoms. The minimum Gasteiger partial charge on any atom is -0.755 e. The van der Waals surface area contributed by atoms with Crippen molar-refractivity contribution in [1.82, 2.24) is 4.72 Å². The molecule has 1 aromatic rings. The number of nitrogens with one attached hydrogen (secondary N) is 1. The first-order chi connectivity index (χ1) is 7.99. The van der Waals surface area contributed by atoms with E-state index in [1.54, 1.807) is 4.72 Å². The van der Waals surface area contributed by atoms with Crippen molar-refractivity contribution >= 4 is 29.1 Å². The summed E-state index contributed by atoms with van der Waals surface area (Å²) in [5.41, 5.74) is -0.0614. The predicted octanol–water partition coefficient (Wildman–Crippen LogP) is -0.479. The normalized spacial score (nSPS) is 15.1. The van der Waals surface area contributed by atoms with Gasteiger partial charge in [-0.15, -0.1) is 0 Å². The van der Waals surface area contributed by atoms with E-state index >= 15 is 0 Å². The molecule has 2 rings (SSSR count). The van der Waals surface area contributed by atoms with Crippen LogP contribution in [-0.4, -0.2) is 26.6 Å². The number of fused-ring (bicyclic) bond motifs is 1. The summed E-state index contributed by atoms with van der Waals surface area (Å²) in [5, 5.41) is 0. The van der Waals surface area contributed by atoms with Crippen LogP contribution in [0.5, 0.6) is 0 Å². The molecule has 8 heteroatoms. The molecule has 0 saturated carbocycles. The zero-order valence-electron chi connectivity index (χ0n) is 8.09. The highest BCUT2D eigenvalue weighted by Crippen LogP contribution is 2.21. The molecule has 0 saturated heterocycles. The lowest BCUT2D eigenvalue weighted by molar-refractivity contribution is 0.0443. The number of cyclic esters (lactones) is 2. The molecule has 0 radical (unpaired) electrons. The van der Waals surface area contributed by atoms with E-state index < -0.39 is 29.1 Å². The van der Waals surface area contributed by atoms with Crippen molar-refractivity contribution in [2.75, 3.05) is 0 Å². The van der Waals surface area contributed by atoms with Gasteiger partial charge >= 0.3 is 11.9 Å². The van der Waals surface area contributed by atoms with E-state index in [1.165, 1.54) is 12.1 Å². The summed E-state index contributed by atoms with van der Waals surface area (Å²) >= 11 is -2.74. The summed E-state index contributed by atoms with van der Waals surface area (Å²) in [6.45, 7) is 0. The van der Waals surface area contributed by atoms with E-state index in [1.807, 2.05) is 0 Å². The maximum Gasteiger partial charge on any atom is 0.346 e. The van der Waals surface area contributed by atoms with Gasteiger partial charge in [-0.1, -0.05) is 0 Å². The van der Waals surface area contributed by atoms with Gasteiger partial charge in [-0.05, 0) is 18.2 Å². The lowest BCUT2D eigenvalue weighted by Gasteiger charge is -2.06. The summed E-state index contributed by atoms with van der Waals surface area (Å²) in [7, 11) is 0. The summed E-state index contributed by atoms with van der Waals surface area (Å²) in [5.74, 6) is -2.54. The monoisotopic (exact) mass is 254 g/mol. The summed E-state index contributed by atoms with van der Waals surface area (Å²) in [4.78, 5) is 33.6. The van der Waals surface area contributed by atoms with Crippen molar-refractivity contribution < 1.29 is 27.9 Å². The molecule has 1 heterocycles. The number of ether oxygens (including phenoxy) is 1. The second-order valence-electron chi connectivity index (χ2n) is 3.10. The van der Waals surface area contributed by atoms with Crippen molar-refractivity contribution in [3.63, 3.8) is 0 Å². The molecule has 1 N–H and O–H groups in total. The van der Waals surface area contributed by atoms with E-state index in [-0.39, 0.29) is 16.7 Å². The molecule has 1 aliphatic heterocycles. The SMILES string of the molecule is O=C(NS(=O)[O-])c1ccc2c(c1)C(=O)OC2=O. The minimum atomic E-state index is -2.74. The van der Waals surface area contributed by atoms with Crippen LogP contribution < -0.4 is 4.72 Å². The molecule has 17 heavy (non-hydrogen) atoms. The summed E-state index contributed by atoms with van der Waals surface area (Å²) in [6.07, 6.45) is 0. The Kier molecular flexibility index (Phi) is 2.74. The average molecular weight is 254 g/mol. The molecule has 88 valence electrons. The van der Waals surface area contributed by atoms with Crippen molar-refractivity contribution in [2.24, 2.45) is 0 Å². The van der Waals surface area contributed by atoms with Crippen molar-refractivity contribution in [3.8, 4) is 0 Å². The molecule has 1 unspecified atom stereocenters. The standard InChI is InChI=1S/C9H5NO6S/c11-7(10-17(14)15)4-1-2-5-6(3-4)9(13)16-8(5)12/h1-3H,(H,10,11)(H,14,15)/p-1. The van der Waals surface area contributed by atoms with Gasteiger partial charge in [0.15, 0.2) is 0 Å². The zero-order valence-corrected chi connectivity index (χ0v) is 8.91. The first kappa shape index (κ1) is 11.4. The maximum atomic E-state index is 11.3. The number of carbonyl (C=O) groups excluding carboxylic acids is 3. The Balaban J connectivity index is 2.38. The third kappa shape index (κ3) is 2.08. The predicted molar refractivity (Wildman–Crippen MR) is 52.6 cm³/mol. The van der Waals surface area contributed by atoms with E-state index in [2.05, 4.69) is 4.74 Å². The van der Waals surface area contributed by atoms with Crippen molar-refractivity contribution in [1.29, 1.82) is 0 Å². The van der Waals surface area contributed by atoms with Gasteiger partial charge in [-0.25, -0.2) is 9.59 Å². The minimum absolute atomic E-state index is 0.0507. The zero-order chi connectivity index (χ0) is 12.6. The van der Waals surface area contributed by atoms with Gasteiger partial charge in [0.25, 0.3) is 5.91 Å². The lowest BCUT2D eigenvalue weighted by Crippen LogP contribution is -2.25. The van der Waals surface area contributed by atoms with Crippen LogP contribution in [0.4, 0.5) is 0 Å². The van der Waals surface area contributed by atoms with Gasteiger partial charge in [0.1, 0.15) is 0 Å². The number of hydrogen-bond acceptors (Lipinski definition) is 6. The maximum absolute atomic E-state index is 11.3. The average Bonchev–Trinajstić information content (AvgIpc) is 2.53. The summed E-state index contributed by atoms with van der Waals surface area (Å²) in [6, 6.07) is 3.55. The first-order valence-corrected chi connectivity index (χ1v) is 5.37. The number of benzene rings is 1. The topological polar surface area (TPSA) is 113 Å². The second kappa shape index (κ2) is 4.07. The molecule has 0 aliphatic carbocycles. The number of rotatable bonds is 2. The lowest BCUT2D eigenvalue weighted by atomic mass is 10.1. The third-order valence-corrected chi connectivity index (χ3v) is 2.44. The largest absolute Gasteiger partial charge is 0.755 e. The fourth-order valence-corrected chi connectivity index (χ4v) is 1.63. The van der Waals surface area contributed by atoms with E-state index in [0.717, 1.165) is 6.07 Å². The van der Waals surface area contributed by atoms with Gasteiger partial charge in [-0.3, -0.25) is 13.7 Å². The van der Waals surface area contributed by atoms with Crippen molar-refractivity contribution in [3.05, 3.63) is 34.9 Å². The molecule has 0 aromatic heterocycles. The van der Waals surface area contributed by atoms with Crippen LogP contribution in [0.2, 0.25) is 0 Å². The number of amides is 1. The van der Waals surface area contributed by atoms with E-state index in [4.69, 9.17) is 0 Å². The van der Waals surface area contributed by atoms with Gasteiger partial charge < -0.3 is 9.29 Å². The number of carbonyl (C=O) groups is 3. The Hall–Kier alpha value is -2.06. The first-order valence-electron chi connectivity index (χ1n) is 4.30. The molecule has 7 nitrogen and oxygen atoms in total. The van der Waals surface area contributed by atoms with Crippen LogP contribution in [0.3, 0.4) is 0 Å². The molecular weight excluding hydrogens is 250 g/mol. The third-order valence-electron chi connectivity index (χ3n) is 2.08. The smallest absolute Gasteiger partial charge is 0.346 e. The molecule has 1 aliphatic rings. The van der Waals surface area contributed by atoms with Crippen LogP contribution in [0.15, 0.2) is 18.2 Å². The van der Waals surface area contributed by atoms with Crippen LogP contribution in [0.25, 0.3) is 0 Å². The highest BCUT2D eigenvalue weighted by atomic mass is 32.2. The quantitative estimate of drug-likeness (QED) is 0.433. The molecule has 1 aromatic carbocycles. The molecule has 1 amide bonds. The van der Waals surface area contributed by atoms with Gasteiger partial charge in [0, 0.05) is 16.8 Å². The Morgan fingerprint density at radius 3 is 2.53 bits per heavy atom. The van der Waals surface area contributed by atoms with Crippen LogP contribution in [0.1, 0.15) is 31.1 Å². The number of esters is 2.